The molecule has 4 heteroatoms. The number of hydrogen-bond acceptors (Lipinski definition) is 2. The van der Waals surface area contributed by atoms with Gasteiger partial charge in [-0.1, -0.05) is 26.7 Å². The smallest absolute Gasteiger partial charge is 0.306 e. The Hall–Kier alpha value is -1.06. The molecular weight excluding hydrogens is 242 g/mol. The zero-order valence-electron chi connectivity index (χ0n) is 11.9. The molecule has 2 saturated carbocycles. The first kappa shape index (κ1) is 14.4. The van der Waals surface area contributed by atoms with Crippen LogP contribution in [-0.4, -0.2) is 23.0 Å². The summed E-state index contributed by atoms with van der Waals surface area (Å²) in [5.41, 5.74) is -0.322. The molecule has 2 N–H and O–H groups in total. The average molecular weight is 267 g/mol. The van der Waals surface area contributed by atoms with Crippen molar-refractivity contribution in [1.29, 1.82) is 0 Å². The summed E-state index contributed by atoms with van der Waals surface area (Å²) < 4.78 is 0. The lowest BCUT2D eigenvalue weighted by Gasteiger charge is -2.31. The second-order valence-corrected chi connectivity index (χ2v) is 6.72. The van der Waals surface area contributed by atoms with Crippen molar-refractivity contribution < 1.29 is 14.7 Å². The van der Waals surface area contributed by atoms with Gasteiger partial charge in [-0.15, -0.1) is 0 Å². The van der Waals surface area contributed by atoms with E-state index in [1.54, 1.807) is 0 Å². The molecule has 0 aromatic rings. The van der Waals surface area contributed by atoms with Gasteiger partial charge >= 0.3 is 5.97 Å². The van der Waals surface area contributed by atoms with Crippen molar-refractivity contribution in [1.82, 2.24) is 5.32 Å². The second-order valence-electron chi connectivity index (χ2n) is 6.72. The summed E-state index contributed by atoms with van der Waals surface area (Å²) in [6.07, 6.45) is 6.80. The van der Waals surface area contributed by atoms with Gasteiger partial charge < -0.3 is 10.4 Å². The fourth-order valence-corrected chi connectivity index (χ4v) is 3.54. The number of carbonyl (C=O) groups excluding carboxylic acids is 1. The summed E-state index contributed by atoms with van der Waals surface area (Å²) >= 11 is 0. The van der Waals surface area contributed by atoms with Crippen molar-refractivity contribution in [2.75, 3.05) is 0 Å². The molecular formula is C15H25NO3. The van der Waals surface area contributed by atoms with Crippen molar-refractivity contribution in [3.8, 4) is 0 Å². The molecule has 2 atom stereocenters. The SMILES string of the molecule is CC(C)(C(=O)N[C@@H]1CC[C@H](C(=O)O)C1)C1CCCC1. The number of aliphatic carboxylic acids is 1. The molecule has 1 amide bonds. The normalized spacial score (nSPS) is 28.5. The van der Waals surface area contributed by atoms with Gasteiger partial charge in [-0.25, -0.2) is 0 Å². The average Bonchev–Trinajstić information content (AvgIpc) is 2.99. The van der Waals surface area contributed by atoms with Crippen LogP contribution in [0.3, 0.4) is 0 Å². The van der Waals surface area contributed by atoms with Crippen LogP contribution in [0, 0.1) is 17.3 Å². The minimum absolute atomic E-state index is 0.0503. The Labute approximate surface area is 115 Å². The maximum atomic E-state index is 12.4. The zero-order valence-corrected chi connectivity index (χ0v) is 11.9. The largest absolute Gasteiger partial charge is 0.481 e. The van der Waals surface area contributed by atoms with Crippen LogP contribution in [0.4, 0.5) is 0 Å². The van der Waals surface area contributed by atoms with E-state index in [0.717, 1.165) is 19.3 Å². The fourth-order valence-electron chi connectivity index (χ4n) is 3.54. The van der Waals surface area contributed by atoms with Gasteiger partial charge in [-0.05, 0) is 38.0 Å². The third-order valence-corrected chi connectivity index (χ3v) is 5.08. The summed E-state index contributed by atoms with van der Waals surface area (Å²) in [6, 6.07) is 0.0503. The first-order chi connectivity index (χ1) is 8.91. The van der Waals surface area contributed by atoms with Gasteiger partial charge in [0.15, 0.2) is 0 Å². The highest BCUT2D eigenvalue weighted by atomic mass is 16.4. The number of nitrogens with one attached hydrogen (secondary N) is 1. The topological polar surface area (TPSA) is 66.4 Å². The minimum Gasteiger partial charge on any atom is -0.481 e. The predicted octanol–water partition coefficient (Wildman–Crippen LogP) is 2.57. The van der Waals surface area contributed by atoms with Gasteiger partial charge in [0, 0.05) is 11.5 Å². The lowest BCUT2D eigenvalue weighted by molar-refractivity contribution is -0.141. The van der Waals surface area contributed by atoms with Crippen LogP contribution in [0.25, 0.3) is 0 Å². The van der Waals surface area contributed by atoms with Gasteiger partial charge in [0.05, 0.1) is 5.92 Å². The molecule has 0 heterocycles. The Bertz CT molecular complexity index is 358. The number of hydrogen-bond donors (Lipinski definition) is 2. The number of carbonyl (C=O) groups is 2. The zero-order chi connectivity index (χ0) is 14.0. The highest BCUT2D eigenvalue weighted by molar-refractivity contribution is 5.82. The molecule has 0 aromatic heterocycles. The third kappa shape index (κ3) is 3.10. The minimum atomic E-state index is -0.730. The Morgan fingerprint density at radius 2 is 1.74 bits per heavy atom. The monoisotopic (exact) mass is 267 g/mol. The van der Waals surface area contributed by atoms with Crippen LogP contribution in [0.1, 0.15) is 58.8 Å². The van der Waals surface area contributed by atoms with Gasteiger partial charge in [0.1, 0.15) is 0 Å². The van der Waals surface area contributed by atoms with Crippen LogP contribution < -0.4 is 5.32 Å². The molecule has 19 heavy (non-hydrogen) atoms. The summed E-state index contributed by atoms with van der Waals surface area (Å²) in [6.45, 7) is 4.06. The van der Waals surface area contributed by atoms with Crippen molar-refractivity contribution >= 4 is 11.9 Å². The summed E-state index contributed by atoms with van der Waals surface area (Å²) in [5.74, 6) is -0.425. The molecule has 0 bridgehead atoms. The molecule has 108 valence electrons. The Morgan fingerprint density at radius 3 is 2.26 bits per heavy atom. The first-order valence-corrected chi connectivity index (χ1v) is 7.45. The Kier molecular flexibility index (Phi) is 4.16. The van der Waals surface area contributed by atoms with E-state index < -0.39 is 5.97 Å². The summed E-state index contributed by atoms with van der Waals surface area (Å²) in [5, 5.41) is 12.1. The van der Waals surface area contributed by atoms with Crippen LogP contribution in [0.2, 0.25) is 0 Å². The van der Waals surface area contributed by atoms with E-state index in [-0.39, 0.29) is 23.3 Å². The van der Waals surface area contributed by atoms with Gasteiger partial charge in [-0.3, -0.25) is 9.59 Å². The number of carboxylic acids is 1. The van der Waals surface area contributed by atoms with Crippen LogP contribution in [-0.2, 0) is 9.59 Å². The van der Waals surface area contributed by atoms with Crippen LogP contribution >= 0.6 is 0 Å². The van der Waals surface area contributed by atoms with Gasteiger partial charge in [-0.2, -0.15) is 0 Å². The molecule has 2 aliphatic carbocycles. The van der Waals surface area contributed by atoms with Gasteiger partial charge in [0.25, 0.3) is 0 Å². The molecule has 2 rings (SSSR count). The van der Waals surface area contributed by atoms with Crippen LogP contribution in [0.5, 0.6) is 0 Å². The lowest BCUT2D eigenvalue weighted by atomic mass is 9.77. The summed E-state index contributed by atoms with van der Waals surface area (Å²) in [4.78, 5) is 23.4. The molecule has 0 saturated heterocycles. The van der Waals surface area contributed by atoms with Crippen molar-refractivity contribution in [2.45, 2.75) is 64.8 Å². The second kappa shape index (κ2) is 5.51. The van der Waals surface area contributed by atoms with Crippen molar-refractivity contribution in [2.24, 2.45) is 17.3 Å². The molecule has 0 aliphatic heterocycles. The highest BCUT2D eigenvalue weighted by Gasteiger charge is 2.40. The predicted molar refractivity (Wildman–Crippen MR) is 72.6 cm³/mol. The molecule has 0 radical (unpaired) electrons. The molecule has 0 spiro atoms. The van der Waals surface area contributed by atoms with E-state index in [9.17, 15) is 9.59 Å². The van der Waals surface area contributed by atoms with Gasteiger partial charge in [0.2, 0.25) is 5.91 Å². The van der Waals surface area contributed by atoms with E-state index in [2.05, 4.69) is 5.32 Å². The number of amides is 1. The molecule has 2 fully saturated rings. The number of rotatable bonds is 4. The van der Waals surface area contributed by atoms with E-state index in [1.807, 2.05) is 13.8 Å². The Balaban J connectivity index is 1.88. The van der Waals surface area contributed by atoms with E-state index in [4.69, 9.17) is 5.11 Å². The number of carboxylic acid groups (broad SMARTS) is 1. The Morgan fingerprint density at radius 1 is 1.11 bits per heavy atom. The van der Waals surface area contributed by atoms with E-state index in [1.165, 1.54) is 12.8 Å². The van der Waals surface area contributed by atoms with E-state index >= 15 is 0 Å². The van der Waals surface area contributed by atoms with Crippen LogP contribution in [0.15, 0.2) is 0 Å². The molecule has 4 nitrogen and oxygen atoms in total. The first-order valence-electron chi connectivity index (χ1n) is 7.45. The maximum absolute atomic E-state index is 12.4. The van der Waals surface area contributed by atoms with Crippen molar-refractivity contribution in [3.05, 3.63) is 0 Å². The highest BCUT2D eigenvalue weighted by Crippen LogP contribution is 2.40. The standard InChI is InChI=1S/C15H25NO3/c1-15(2,11-5-3-4-6-11)14(19)16-12-8-7-10(9-12)13(17)18/h10-12H,3-9H2,1-2H3,(H,16,19)(H,17,18)/t10-,12+/m0/s1. The summed E-state index contributed by atoms with van der Waals surface area (Å²) in [7, 11) is 0. The molecule has 2 aliphatic rings. The third-order valence-electron chi connectivity index (χ3n) is 5.08. The molecule has 0 aromatic carbocycles. The van der Waals surface area contributed by atoms with E-state index in [0.29, 0.717) is 18.8 Å². The maximum Gasteiger partial charge on any atom is 0.306 e. The van der Waals surface area contributed by atoms with Crippen molar-refractivity contribution in [3.63, 3.8) is 0 Å². The quantitative estimate of drug-likeness (QED) is 0.822. The lowest BCUT2D eigenvalue weighted by Crippen LogP contribution is -2.45. The molecule has 0 unspecified atom stereocenters. The fraction of sp³-hybridized carbons (Fsp3) is 0.867.